The molecule has 110 valence electrons. The third-order valence-electron chi connectivity index (χ3n) is 2.48. The van der Waals surface area contributed by atoms with E-state index in [9.17, 15) is 14.4 Å². The Morgan fingerprint density at radius 1 is 1.05 bits per heavy atom. The number of hydrogen-bond donors (Lipinski definition) is 2. The Morgan fingerprint density at radius 3 is 1.89 bits per heavy atom. The monoisotopic (exact) mass is 275 g/mol. The number of carboxylic acids is 1. The Hall–Kier alpha value is -1.79. The summed E-state index contributed by atoms with van der Waals surface area (Å²) in [5.41, 5.74) is 0. The van der Waals surface area contributed by atoms with Crippen LogP contribution in [0.1, 0.15) is 27.7 Å². The summed E-state index contributed by atoms with van der Waals surface area (Å²) >= 11 is 0. The minimum atomic E-state index is -1.26. The number of esters is 1. The van der Waals surface area contributed by atoms with Crippen LogP contribution in [-0.4, -0.2) is 42.4 Å². The molecule has 0 rings (SSSR count). The molecule has 0 aliphatic rings. The molecule has 0 aliphatic carbocycles. The number of carboxylic acid groups (broad SMARTS) is 1. The molecule has 0 aromatic carbocycles. The summed E-state index contributed by atoms with van der Waals surface area (Å²) in [6, 6.07) is -0.876. The van der Waals surface area contributed by atoms with Crippen LogP contribution >= 0.6 is 0 Å². The van der Waals surface area contributed by atoms with Gasteiger partial charge in [-0.1, -0.05) is 27.7 Å². The summed E-state index contributed by atoms with van der Waals surface area (Å²) in [6.07, 6.45) is -2.21. The Morgan fingerprint density at radius 2 is 1.58 bits per heavy atom. The first-order chi connectivity index (χ1) is 8.70. The molecule has 0 spiro atoms. The number of ether oxygens (including phenoxy) is 2. The lowest BCUT2D eigenvalue weighted by atomic mass is 10.1. The summed E-state index contributed by atoms with van der Waals surface area (Å²) in [4.78, 5) is 33.9. The largest absolute Gasteiger partial charge is 0.478 e. The maximum atomic E-state index is 11.6. The third-order valence-corrected chi connectivity index (χ3v) is 2.48. The normalized spacial score (nSPS) is 13.8. The second-order valence-corrected chi connectivity index (χ2v) is 4.80. The van der Waals surface area contributed by atoms with Gasteiger partial charge >= 0.3 is 18.0 Å². The van der Waals surface area contributed by atoms with Gasteiger partial charge in [0.15, 0.2) is 0 Å². The Kier molecular flexibility index (Phi) is 6.89. The first kappa shape index (κ1) is 17.2. The van der Waals surface area contributed by atoms with Gasteiger partial charge in [0.1, 0.15) is 6.04 Å². The molecule has 7 nitrogen and oxygen atoms in total. The number of nitrogens with one attached hydrogen (secondary N) is 1. The molecule has 0 aromatic heterocycles. The molecule has 0 aromatic rings. The van der Waals surface area contributed by atoms with Crippen LogP contribution < -0.4 is 5.32 Å². The van der Waals surface area contributed by atoms with E-state index < -0.39 is 30.2 Å². The van der Waals surface area contributed by atoms with Crippen molar-refractivity contribution in [2.75, 3.05) is 7.11 Å². The molecule has 19 heavy (non-hydrogen) atoms. The van der Waals surface area contributed by atoms with E-state index in [1.165, 1.54) is 7.11 Å². The van der Waals surface area contributed by atoms with Crippen LogP contribution in [0.5, 0.6) is 0 Å². The van der Waals surface area contributed by atoms with E-state index in [1.807, 2.05) is 0 Å². The molecular weight excluding hydrogens is 254 g/mol. The minimum Gasteiger partial charge on any atom is -0.478 e. The van der Waals surface area contributed by atoms with Gasteiger partial charge < -0.3 is 19.9 Å². The molecule has 1 amide bonds. The maximum absolute atomic E-state index is 11.6. The van der Waals surface area contributed by atoms with Gasteiger partial charge in [-0.25, -0.2) is 14.4 Å². The second-order valence-electron chi connectivity index (χ2n) is 4.80. The van der Waals surface area contributed by atoms with Crippen molar-refractivity contribution in [3.63, 3.8) is 0 Å². The van der Waals surface area contributed by atoms with Gasteiger partial charge in [-0.15, -0.1) is 0 Å². The number of amides is 1. The van der Waals surface area contributed by atoms with Crippen molar-refractivity contribution in [2.24, 2.45) is 11.8 Å². The highest BCUT2D eigenvalue weighted by Crippen LogP contribution is 2.09. The number of rotatable bonds is 6. The Balaban J connectivity index is 4.66. The smallest absolute Gasteiger partial charge is 0.408 e. The number of hydrogen-bond acceptors (Lipinski definition) is 5. The number of carbonyl (C=O) groups is 3. The lowest BCUT2D eigenvalue weighted by Gasteiger charge is -2.22. The van der Waals surface area contributed by atoms with Crippen molar-refractivity contribution in [3.8, 4) is 0 Å². The molecule has 0 aliphatic heterocycles. The highest BCUT2D eigenvalue weighted by Gasteiger charge is 2.30. The first-order valence-corrected chi connectivity index (χ1v) is 5.98. The summed E-state index contributed by atoms with van der Waals surface area (Å²) < 4.78 is 9.34. The average Bonchev–Trinajstić information content (AvgIpc) is 2.30. The fourth-order valence-electron chi connectivity index (χ4n) is 1.37. The van der Waals surface area contributed by atoms with Gasteiger partial charge in [0.05, 0.1) is 7.11 Å². The van der Waals surface area contributed by atoms with E-state index in [0.717, 1.165) is 0 Å². The van der Waals surface area contributed by atoms with Crippen LogP contribution in [-0.2, 0) is 19.1 Å². The molecule has 0 saturated carbocycles. The lowest BCUT2D eigenvalue weighted by Crippen LogP contribution is -2.47. The molecule has 0 radical (unpaired) electrons. The molecule has 0 saturated heterocycles. The van der Waals surface area contributed by atoms with Crippen LogP contribution in [0, 0.1) is 11.8 Å². The quantitative estimate of drug-likeness (QED) is 0.702. The molecule has 7 heteroatoms. The van der Waals surface area contributed by atoms with Gasteiger partial charge in [0.25, 0.3) is 0 Å². The molecule has 0 fully saturated rings. The van der Waals surface area contributed by atoms with Gasteiger partial charge in [0, 0.05) is 5.92 Å². The maximum Gasteiger partial charge on any atom is 0.408 e. The van der Waals surface area contributed by atoms with E-state index in [2.05, 4.69) is 10.1 Å². The molecule has 2 atom stereocenters. The standard InChI is InChI=1S/C12H21NO6/c1-6(2)8(11(16)18-5)13-12(17)19-9(7(3)4)10(14)15/h6-9H,1-5H3,(H,13,17)(H,14,15). The van der Waals surface area contributed by atoms with Gasteiger partial charge in [0.2, 0.25) is 6.10 Å². The first-order valence-electron chi connectivity index (χ1n) is 5.98. The van der Waals surface area contributed by atoms with Gasteiger partial charge in [-0.3, -0.25) is 0 Å². The summed E-state index contributed by atoms with van der Waals surface area (Å²) in [7, 11) is 1.21. The molecule has 2 unspecified atom stereocenters. The topological polar surface area (TPSA) is 102 Å². The van der Waals surface area contributed by atoms with E-state index in [4.69, 9.17) is 9.84 Å². The van der Waals surface area contributed by atoms with Crippen LogP contribution in [0.25, 0.3) is 0 Å². The van der Waals surface area contributed by atoms with Crippen LogP contribution in [0.15, 0.2) is 0 Å². The highest BCUT2D eigenvalue weighted by molar-refractivity contribution is 5.83. The van der Waals surface area contributed by atoms with Crippen molar-refractivity contribution >= 4 is 18.0 Å². The van der Waals surface area contributed by atoms with Crippen LogP contribution in [0.2, 0.25) is 0 Å². The van der Waals surface area contributed by atoms with E-state index in [0.29, 0.717) is 0 Å². The number of aliphatic carboxylic acids is 1. The van der Waals surface area contributed by atoms with E-state index in [1.54, 1.807) is 27.7 Å². The SMILES string of the molecule is COC(=O)C(NC(=O)OC(C(=O)O)C(C)C)C(C)C. The third kappa shape index (κ3) is 5.58. The summed E-state index contributed by atoms with van der Waals surface area (Å²) in [6.45, 7) is 6.68. The zero-order chi connectivity index (χ0) is 15.2. The van der Waals surface area contributed by atoms with Crippen LogP contribution in [0.4, 0.5) is 4.79 Å². The molecular formula is C12H21NO6. The fourth-order valence-corrected chi connectivity index (χ4v) is 1.37. The predicted molar refractivity (Wildman–Crippen MR) is 66.5 cm³/mol. The van der Waals surface area contributed by atoms with E-state index >= 15 is 0 Å². The second kappa shape index (κ2) is 7.60. The van der Waals surface area contributed by atoms with Crippen molar-refractivity contribution in [1.82, 2.24) is 5.32 Å². The molecule has 0 heterocycles. The van der Waals surface area contributed by atoms with Crippen molar-refractivity contribution in [1.29, 1.82) is 0 Å². The van der Waals surface area contributed by atoms with E-state index in [-0.39, 0.29) is 11.8 Å². The zero-order valence-electron chi connectivity index (χ0n) is 11.8. The predicted octanol–water partition coefficient (Wildman–Crippen LogP) is 1.02. The number of alkyl carbamates (subject to hydrolysis) is 1. The van der Waals surface area contributed by atoms with Crippen molar-refractivity contribution in [2.45, 2.75) is 39.8 Å². The number of carbonyl (C=O) groups excluding carboxylic acids is 2. The van der Waals surface area contributed by atoms with Crippen LogP contribution in [0.3, 0.4) is 0 Å². The summed E-state index contributed by atoms with van der Waals surface area (Å²) in [5, 5.41) is 11.2. The zero-order valence-corrected chi connectivity index (χ0v) is 11.8. The Labute approximate surface area is 112 Å². The van der Waals surface area contributed by atoms with Gasteiger partial charge in [-0.05, 0) is 5.92 Å². The minimum absolute atomic E-state index is 0.206. The van der Waals surface area contributed by atoms with Crippen molar-refractivity contribution < 1.29 is 29.0 Å². The van der Waals surface area contributed by atoms with Crippen molar-refractivity contribution in [3.05, 3.63) is 0 Å². The Bertz CT molecular complexity index is 339. The fraction of sp³-hybridized carbons (Fsp3) is 0.750. The number of methoxy groups -OCH3 is 1. The lowest BCUT2D eigenvalue weighted by molar-refractivity contribution is -0.149. The molecule has 2 N–H and O–H groups in total. The van der Waals surface area contributed by atoms with Gasteiger partial charge in [-0.2, -0.15) is 0 Å². The molecule has 0 bridgehead atoms. The average molecular weight is 275 g/mol. The summed E-state index contributed by atoms with van der Waals surface area (Å²) in [5.74, 6) is -2.42. The highest BCUT2D eigenvalue weighted by atomic mass is 16.6.